The summed E-state index contributed by atoms with van der Waals surface area (Å²) >= 11 is 0. The molecule has 0 bridgehead atoms. The van der Waals surface area contributed by atoms with Crippen LogP contribution < -0.4 is 5.32 Å². The minimum Gasteiger partial charge on any atom is -0.308 e. The van der Waals surface area contributed by atoms with Gasteiger partial charge in [0.05, 0.1) is 17.9 Å². The van der Waals surface area contributed by atoms with Crippen molar-refractivity contribution in [3.05, 3.63) is 47.8 Å². The largest absolute Gasteiger partial charge is 0.308 e. The molecule has 4 nitrogen and oxygen atoms in total. The van der Waals surface area contributed by atoms with Crippen molar-refractivity contribution in [2.75, 3.05) is 7.05 Å². The molecule has 0 aliphatic heterocycles. The fraction of sp³-hybridized carbons (Fsp3) is 0.333. The highest BCUT2D eigenvalue weighted by atomic mass is 19.1. The molecular weight excluding hydrogens is 219 g/mol. The molecule has 1 atom stereocenters. The van der Waals surface area contributed by atoms with Crippen LogP contribution in [0.25, 0.3) is 0 Å². The lowest BCUT2D eigenvalue weighted by Gasteiger charge is -2.17. The van der Waals surface area contributed by atoms with Crippen LogP contribution in [0.1, 0.15) is 24.2 Å². The monoisotopic (exact) mass is 234 g/mol. The molecule has 2 aromatic heterocycles. The van der Waals surface area contributed by atoms with Crippen LogP contribution >= 0.6 is 0 Å². The number of hydrogen-bond acceptors (Lipinski definition) is 3. The molecule has 0 aliphatic carbocycles. The maximum Gasteiger partial charge on any atom is 0.141 e. The Bertz CT molecular complexity index is 495. The molecular formula is C12H15FN4. The predicted molar refractivity (Wildman–Crippen MR) is 63.0 cm³/mol. The van der Waals surface area contributed by atoms with Crippen LogP contribution in [0.5, 0.6) is 0 Å². The van der Waals surface area contributed by atoms with E-state index in [-0.39, 0.29) is 11.9 Å². The molecule has 17 heavy (non-hydrogen) atoms. The number of nitrogens with one attached hydrogen (secondary N) is 1. The fourth-order valence-corrected chi connectivity index (χ4v) is 1.92. The predicted octanol–water partition coefficient (Wildman–Crippen LogP) is 1.75. The van der Waals surface area contributed by atoms with E-state index < -0.39 is 0 Å². The van der Waals surface area contributed by atoms with Gasteiger partial charge in [-0.2, -0.15) is 5.10 Å². The second-order valence-corrected chi connectivity index (χ2v) is 3.73. The standard InChI is InChI=1S/C12H15FN4/c1-3-17-11(4-5-16-17)12(14-2)9-6-10(13)8-15-7-9/h4-8,12,14H,3H2,1-2H3. The highest BCUT2D eigenvalue weighted by Crippen LogP contribution is 2.21. The van der Waals surface area contributed by atoms with Crippen molar-refractivity contribution in [1.82, 2.24) is 20.1 Å². The summed E-state index contributed by atoms with van der Waals surface area (Å²) in [6, 6.07) is 3.32. The second kappa shape index (κ2) is 5.05. The van der Waals surface area contributed by atoms with Gasteiger partial charge in [0, 0.05) is 18.9 Å². The van der Waals surface area contributed by atoms with Crippen LogP contribution in [-0.4, -0.2) is 21.8 Å². The van der Waals surface area contributed by atoms with Gasteiger partial charge >= 0.3 is 0 Å². The highest BCUT2D eigenvalue weighted by Gasteiger charge is 2.16. The molecule has 2 heterocycles. The average molecular weight is 234 g/mol. The van der Waals surface area contributed by atoms with Gasteiger partial charge in [-0.15, -0.1) is 0 Å². The maximum absolute atomic E-state index is 13.2. The van der Waals surface area contributed by atoms with Crippen LogP contribution in [0, 0.1) is 5.82 Å². The van der Waals surface area contributed by atoms with Gasteiger partial charge in [0.2, 0.25) is 0 Å². The number of aryl methyl sites for hydroxylation is 1. The van der Waals surface area contributed by atoms with Crippen LogP contribution in [0.2, 0.25) is 0 Å². The first-order valence-corrected chi connectivity index (χ1v) is 5.55. The van der Waals surface area contributed by atoms with Crippen molar-refractivity contribution < 1.29 is 4.39 Å². The molecule has 1 unspecified atom stereocenters. The smallest absolute Gasteiger partial charge is 0.141 e. The molecule has 0 aliphatic rings. The third-order valence-electron chi connectivity index (χ3n) is 2.69. The topological polar surface area (TPSA) is 42.7 Å². The Kier molecular flexibility index (Phi) is 3.49. The first-order valence-electron chi connectivity index (χ1n) is 5.55. The van der Waals surface area contributed by atoms with Crippen LogP contribution in [0.4, 0.5) is 4.39 Å². The average Bonchev–Trinajstić information content (AvgIpc) is 2.78. The molecule has 1 N–H and O–H groups in total. The Morgan fingerprint density at radius 1 is 1.47 bits per heavy atom. The van der Waals surface area contributed by atoms with Gasteiger partial charge in [-0.3, -0.25) is 9.67 Å². The zero-order valence-corrected chi connectivity index (χ0v) is 9.89. The number of halogens is 1. The van der Waals surface area contributed by atoms with E-state index in [0.29, 0.717) is 0 Å². The summed E-state index contributed by atoms with van der Waals surface area (Å²) in [7, 11) is 1.84. The van der Waals surface area contributed by atoms with Crippen molar-refractivity contribution >= 4 is 0 Å². The van der Waals surface area contributed by atoms with Gasteiger partial charge in [-0.05, 0) is 31.7 Å². The fourth-order valence-electron chi connectivity index (χ4n) is 1.92. The first kappa shape index (κ1) is 11.7. The van der Waals surface area contributed by atoms with E-state index in [1.54, 1.807) is 12.4 Å². The molecule has 2 aromatic rings. The van der Waals surface area contributed by atoms with Gasteiger partial charge in [-0.1, -0.05) is 0 Å². The summed E-state index contributed by atoms with van der Waals surface area (Å²) in [6.45, 7) is 2.80. The van der Waals surface area contributed by atoms with E-state index in [4.69, 9.17) is 0 Å². The lowest BCUT2D eigenvalue weighted by atomic mass is 10.1. The third kappa shape index (κ3) is 2.34. The van der Waals surface area contributed by atoms with Crippen LogP contribution in [-0.2, 0) is 6.54 Å². The quantitative estimate of drug-likeness (QED) is 0.876. The summed E-state index contributed by atoms with van der Waals surface area (Å²) in [6.07, 6.45) is 4.61. The van der Waals surface area contributed by atoms with Crippen molar-refractivity contribution in [1.29, 1.82) is 0 Å². The number of rotatable bonds is 4. The normalized spacial score (nSPS) is 12.6. The van der Waals surface area contributed by atoms with Crippen molar-refractivity contribution in [3.8, 4) is 0 Å². The molecule has 0 fully saturated rings. The zero-order chi connectivity index (χ0) is 12.3. The lowest BCUT2D eigenvalue weighted by molar-refractivity contribution is 0.556. The molecule has 0 saturated carbocycles. The van der Waals surface area contributed by atoms with Gasteiger partial charge in [0.1, 0.15) is 5.82 Å². The Hall–Kier alpha value is -1.75. The summed E-state index contributed by atoms with van der Waals surface area (Å²) in [4.78, 5) is 3.87. The van der Waals surface area contributed by atoms with E-state index in [1.807, 2.05) is 24.7 Å². The summed E-state index contributed by atoms with van der Waals surface area (Å²) in [5.41, 5.74) is 1.80. The van der Waals surface area contributed by atoms with Crippen LogP contribution in [0.3, 0.4) is 0 Å². The SMILES string of the molecule is CCn1nccc1C(NC)c1cncc(F)c1. The summed E-state index contributed by atoms with van der Waals surface area (Å²) in [5.74, 6) is -0.328. The van der Waals surface area contributed by atoms with Gasteiger partial charge in [0.15, 0.2) is 0 Å². The Morgan fingerprint density at radius 3 is 2.94 bits per heavy atom. The third-order valence-corrected chi connectivity index (χ3v) is 2.69. The van der Waals surface area contributed by atoms with Crippen molar-refractivity contribution in [2.45, 2.75) is 19.5 Å². The number of aromatic nitrogens is 3. The van der Waals surface area contributed by atoms with E-state index >= 15 is 0 Å². The molecule has 0 spiro atoms. The number of hydrogen-bond donors (Lipinski definition) is 1. The van der Waals surface area contributed by atoms with E-state index in [1.165, 1.54) is 12.3 Å². The van der Waals surface area contributed by atoms with E-state index in [0.717, 1.165) is 17.8 Å². The highest BCUT2D eigenvalue weighted by molar-refractivity contribution is 5.25. The van der Waals surface area contributed by atoms with Crippen LogP contribution in [0.15, 0.2) is 30.7 Å². The molecule has 2 rings (SSSR count). The molecule has 90 valence electrons. The molecule has 0 saturated heterocycles. The molecule has 0 radical (unpaired) electrons. The zero-order valence-electron chi connectivity index (χ0n) is 9.89. The Morgan fingerprint density at radius 2 is 2.29 bits per heavy atom. The summed E-state index contributed by atoms with van der Waals surface area (Å²) < 4.78 is 15.1. The number of pyridine rings is 1. The molecule has 0 amide bonds. The second-order valence-electron chi connectivity index (χ2n) is 3.73. The maximum atomic E-state index is 13.2. The Labute approximate surface area is 99.5 Å². The van der Waals surface area contributed by atoms with E-state index in [9.17, 15) is 4.39 Å². The Balaban J connectivity index is 2.40. The minimum atomic E-state index is -0.328. The molecule has 5 heteroatoms. The lowest BCUT2D eigenvalue weighted by Crippen LogP contribution is -2.21. The van der Waals surface area contributed by atoms with Crippen molar-refractivity contribution in [3.63, 3.8) is 0 Å². The first-order chi connectivity index (χ1) is 8.26. The molecule has 0 aromatic carbocycles. The number of nitrogens with zero attached hydrogens (tertiary/aromatic N) is 3. The van der Waals surface area contributed by atoms with Gasteiger partial charge < -0.3 is 5.32 Å². The minimum absolute atomic E-state index is 0.0966. The van der Waals surface area contributed by atoms with Gasteiger partial charge in [0.25, 0.3) is 0 Å². The van der Waals surface area contributed by atoms with Gasteiger partial charge in [-0.25, -0.2) is 4.39 Å². The van der Waals surface area contributed by atoms with Crippen molar-refractivity contribution in [2.24, 2.45) is 0 Å². The summed E-state index contributed by atoms with van der Waals surface area (Å²) in [5, 5.41) is 7.37. The van der Waals surface area contributed by atoms with E-state index in [2.05, 4.69) is 15.4 Å².